The number of nitrogens with zero attached hydrogens (tertiary/aromatic N) is 2. The molecule has 3 heterocycles. The molecule has 1 fully saturated rings. The highest BCUT2D eigenvalue weighted by Crippen LogP contribution is 2.32. The summed E-state index contributed by atoms with van der Waals surface area (Å²) < 4.78 is 13.7. The van der Waals surface area contributed by atoms with E-state index in [0.717, 1.165) is 22.2 Å². The number of rotatable bonds is 3. The Morgan fingerprint density at radius 3 is 2.68 bits per heavy atom. The van der Waals surface area contributed by atoms with Gasteiger partial charge in [-0.25, -0.2) is 9.29 Å². The Morgan fingerprint density at radius 1 is 1.16 bits per heavy atom. The predicted molar refractivity (Wildman–Crippen MR) is 114 cm³/mol. The van der Waals surface area contributed by atoms with Crippen molar-refractivity contribution in [3.63, 3.8) is 0 Å². The van der Waals surface area contributed by atoms with E-state index in [0.29, 0.717) is 30.9 Å². The number of nitrogens with one attached hydrogen (secondary N) is 2. The molecule has 0 spiro atoms. The van der Waals surface area contributed by atoms with Crippen LogP contribution in [0.3, 0.4) is 0 Å². The Hall–Kier alpha value is -3.52. The number of amides is 3. The Labute approximate surface area is 177 Å². The van der Waals surface area contributed by atoms with Crippen molar-refractivity contribution in [2.75, 3.05) is 16.8 Å². The number of carbonyl (C=O) groups excluding carboxylic acids is 3. The molecule has 0 aliphatic carbocycles. The summed E-state index contributed by atoms with van der Waals surface area (Å²) in [5.41, 5.74) is 4.01. The number of benzene rings is 2. The molecule has 2 aliphatic rings. The van der Waals surface area contributed by atoms with Gasteiger partial charge in [0.25, 0.3) is 5.91 Å². The fourth-order valence-electron chi connectivity index (χ4n) is 4.57. The maximum absolute atomic E-state index is 13.7. The summed E-state index contributed by atoms with van der Waals surface area (Å²) in [6, 6.07) is 10.8. The minimum atomic E-state index is -0.529. The van der Waals surface area contributed by atoms with E-state index in [2.05, 4.69) is 10.3 Å². The predicted octanol–water partition coefficient (Wildman–Crippen LogP) is 2.96. The zero-order chi connectivity index (χ0) is 21.7. The quantitative estimate of drug-likeness (QED) is 0.638. The number of aromatic nitrogens is 1. The molecule has 1 aromatic heterocycles. The number of aromatic amines is 1. The van der Waals surface area contributed by atoms with Crippen molar-refractivity contribution >= 4 is 40.0 Å². The largest absolute Gasteiger partial charge is 0.357 e. The second-order valence-electron chi connectivity index (χ2n) is 8.01. The van der Waals surface area contributed by atoms with Gasteiger partial charge in [0.15, 0.2) is 0 Å². The van der Waals surface area contributed by atoms with Gasteiger partial charge < -0.3 is 10.3 Å². The summed E-state index contributed by atoms with van der Waals surface area (Å²) in [5, 5.41) is 3.55. The molecular weight excluding hydrogens is 399 g/mol. The average Bonchev–Trinajstić information content (AvgIpc) is 3.24. The van der Waals surface area contributed by atoms with Crippen molar-refractivity contribution in [3.05, 3.63) is 59.5 Å². The van der Waals surface area contributed by atoms with Gasteiger partial charge in [-0.05, 0) is 54.4 Å². The van der Waals surface area contributed by atoms with E-state index in [1.54, 1.807) is 30.3 Å². The molecule has 2 aromatic carbocycles. The highest BCUT2D eigenvalue weighted by Gasteiger charge is 2.43. The average molecular weight is 420 g/mol. The molecule has 3 aromatic rings. The maximum atomic E-state index is 13.7. The minimum absolute atomic E-state index is 0.121. The normalized spacial score (nSPS) is 19.2. The first kappa shape index (κ1) is 19.4. The Kier molecular flexibility index (Phi) is 4.59. The van der Waals surface area contributed by atoms with Crippen molar-refractivity contribution in [3.8, 4) is 0 Å². The summed E-state index contributed by atoms with van der Waals surface area (Å²) >= 11 is 0. The van der Waals surface area contributed by atoms with Crippen molar-refractivity contribution in [2.24, 2.45) is 0 Å². The maximum Gasteiger partial charge on any atom is 0.251 e. The van der Waals surface area contributed by atoms with Crippen molar-refractivity contribution in [1.82, 2.24) is 9.88 Å². The number of hydrogen-bond acceptors (Lipinski definition) is 4. The Balaban J connectivity index is 1.36. The number of fused-ring (bicyclic) bond motifs is 3. The van der Waals surface area contributed by atoms with Crippen LogP contribution in [0.2, 0.25) is 0 Å². The fraction of sp³-hybridized carbons (Fsp3) is 0.261. The molecule has 0 bridgehead atoms. The lowest BCUT2D eigenvalue weighted by molar-refractivity contribution is -0.123. The van der Waals surface area contributed by atoms with Crippen LogP contribution in [0.15, 0.2) is 42.5 Å². The summed E-state index contributed by atoms with van der Waals surface area (Å²) in [5.74, 6) is -0.951. The number of H-pyrrole nitrogens is 1. The monoisotopic (exact) mass is 420 g/mol. The van der Waals surface area contributed by atoms with E-state index in [1.165, 1.54) is 24.0 Å². The third-order valence-electron chi connectivity index (χ3n) is 5.98. The lowest BCUT2D eigenvalue weighted by Gasteiger charge is -2.30. The van der Waals surface area contributed by atoms with Gasteiger partial charge >= 0.3 is 0 Å². The molecule has 158 valence electrons. The first-order chi connectivity index (χ1) is 14.9. The van der Waals surface area contributed by atoms with E-state index in [1.807, 2.05) is 4.90 Å². The third-order valence-corrected chi connectivity index (χ3v) is 5.98. The van der Waals surface area contributed by atoms with Gasteiger partial charge in [-0.3, -0.25) is 19.3 Å². The van der Waals surface area contributed by atoms with Crippen molar-refractivity contribution in [2.45, 2.75) is 32.4 Å². The van der Waals surface area contributed by atoms with E-state index in [4.69, 9.17) is 0 Å². The second kappa shape index (κ2) is 7.31. The topological polar surface area (TPSA) is 85.5 Å². The van der Waals surface area contributed by atoms with Gasteiger partial charge in [-0.1, -0.05) is 0 Å². The Bertz CT molecular complexity index is 1220. The molecule has 0 radical (unpaired) electrons. The molecular formula is C23H21FN4O3. The molecule has 8 heteroatoms. The molecule has 0 saturated carbocycles. The summed E-state index contributed by atoms with van der Waals surface area (Å²) in [6.45, 7) is 2.54. The van der Waals surface area contributed by atoms with Crippen LogP contribution in [-0.4, -0.2) is 40.2 Å². The number of hydrogen-bond donors (Lipinski definition) is 2. The van der Waals surface area contributed by atoms with Crippen molar-refractivity contribution < 1.29 is 18.8 Å². The van der Waals surface area contributed by atoms with E-state index >= 15 is 0 Å². The molecule has 31 heavy (non-hydrogen) atoms. The molecule has 5 rings (SSSR count). The Morgan fingerprint density at radius 2 is 1.94 bits per heavy atom. The molecule has 1 saturated heterocycles. The molecule has 3 amide bonds. The molecule has 2 N–H and O–H groups in total. The first-order valence-corrected chi connectivity index (χ1v) is 10.2. The standard InChI is InChI=1S/C23H21FN4O3/c1-13(29)25-15-3-5-16(6-4-15)28-22(30)11-21(23(28)31)27-9-8-17-18-10-14(24)2-7-19(18)26-20(17)12-27/h2-7,10,21,26H,8-9,11-12H2,1H3,(H,25,29)/t21-/m1/s1. The van der Waals surface area contributed by atoms with Gasteiger partial charge in [-0.2, -0.15) is 0 Å². The number of imide groups is 1. The SMILES string of the molecule is CC(=O)Nc1ccc(N2C(=O)C[C@@H](N3CCc4c([nH]c5ccc(F)cc45)C3)C2=O)cc1. The minimum Gasteiger partial charge on any atom is -0.357 e. The van der Waals surface area contributed by atoms with Gasteiger partial charge in [0, 0.05) is 42.3 Å². The molecule has 0 unspecified atom stereocenters. The van der Waals surface area contributed by atoms with Gasteiger partial charge in [0.2, 0.25) is 11.8 Å². The van der Waals surface area contributed by atoms with Crippen LogP contribution in [0.1, 0.15) is 24.6 Å². The van der Waals surface area contributed by atoms with Gasteiger partial charge in [0.05, 0.1) is 18.2 Å². The van der Waals surface area contributed by atoms with Crippen LogP contribution in [0.5, 0.6) is 0 Å². The molecule has 1 atom stereocenters. The molecule has 7 nitrogen and oxygen atoms in total. The number of anilines is 2. The number of halogens is 1. The van der Waals surface area contributed by atoms with Gasteiger partial charge in [0.1, 0.15) is 5.82 Å². The number of carbonyl (C=O) groups is 3. The van der Waals surface area contributed by atoms with Crippen molar-refractivity contribution in [1.29, 1.82) is 0 Å². The lowest BCUT2D eigenvalue weighted by Crippen LogP contribution is -2.44. The van der Waals surface area contributed by atoms with Crippen LogP contribution >= 0.6 is 0 Å². The lowest BCUT2D eigenvalue weighted by atomic mass is 10.0. The highest BCUT2D eigenvalue weighted by molar-refractivity contribution is 6.22. The molecule has 2 aliphatic heterocycles. The highest BCUT2D eigenvalue weighted by atomic mass is 19.1. The first-order valence-electron chi connectivity index (χ1n) is 10.2. The summed E-state index contributed by atoms with van der Waals surface area (Å²) in [6.07, 6.45) is 0.804. The van der Waals surface area contributed by atoms with Crippen LogP contribution in [0.25, 0.3) is 10.9 Å². The van der Waals surface area contributed by atoms with E-state index in [-0.39, 0.29) is 30.0 Å². The zero-order valence-electron chi connectivity index (χ0n) is 16.9. The smallest absolute Gasteiger partial charge is 0.251 e. The zero-order valence-corrected chi connectivity index (χ0v) is 16.9. The van der Waals surface area contributed by atoms with Crippen LogP contribution in [-0.2, 0) is 27.3 Å². The van der Waals surface area contributed by atoms with Crippen LogP contribution in [0, 0.1) is 5.82 Å². The van der Waals surface area contributed by atoms with E-state index < -0.39 is 6.04 Å². The van der Waals surface area contributed by atoms with Crippen LogP contribution < -0.4 is 10.2 Å². The van der Waals surface area contributed by atoms with Gasteiger partial charge in [-0.15, -0.1) is 0 Å². The van der Waals surface area contributed by atoms with E-state index in [9.17, 15) is 18.8 Å². The van der Waals surface area contributed by atoms with Crippen LogP contribution in [0.4, 0.5) is 15.8 Å². The third kappa shape index (κ3) is 3.38. The fourth-order valence-corrected chi connectivity index (χ4v) is 4.57. The second-order valence-corrected chi connectivity index (χ2v) is 8.01. The summed E-state index contributed by atoms with van der Waals surface area (Å²) in [7, 11) is 0. The summed E-state index contributed by atoms with van der Waals surface area (Å²) in [4.78, 5) is 43.6.